The maximum absolute atomic E-state index is 15.0. The van der Waals surface area contributed by atoms with E-state index in [2.05, 4.69) is 4.98 Å². The lowest BCUT2D eigenvalue weighted by molar-refractivity contribution is 0.0763. The Morgan fingerprint density at radius 1 is 1.14 bits per heavy atom. The van der Waals surface area contributed by atoms with Crippen molar-refractivity contribution in [3.05, 3.63) is 88.5 Å². The topological polar surface area (TPSA) is 53.4 Å². The van der Waals surface area contributed by atoms with Crippen molar-refractivity contribution in [2.45, 2.75) is 39.5 Å². The summed E-state index contributed by atoms with van der Waals surface area (Å²) >= 11 is 0. The van der Waals surface area contributed by atoms with Crippen molar-refractivity contribution in [1.29, 1.82) is 0 Å². The molecule has 0 saturated heterocycles. The van der Waals surface area contributed by atoms with Crippen LogP contribution in [-0.4, -0.2) is 20.9 Å². The van der Waals surface area contributed by atoms with Crippen LogP contribution in [0.3, 0.4) is 0 Å². The molecule has 1 aromatic heterocycles. The van der Waals surface area contributed by atoms with E-state index in [1.165, 1.54) is 6.07 Å². The van der Waals surface area contributed by atoms with E-state index >= 15 is 0 Å². The Hall–Kier alpha value is -3.05. The molecule has 1 amide bonds. The van der Waals surface area contributed by atoms with Crippen molar-refractivity contribution in [2.75, 3.05) is 0 Å². The third kappa shape index (κ3) is 3.66. The fourth-order valence-corrected chi connectivity index (χ4v) is 3.71. The van der Waals surface area contributed by atoms with Gasteiger partial charge in [-0.2, -0.15) is 0 Å². The Morgan fingerprint density at radius 3 is 2.48 bits per heavy atom. The number of aromatic nitrogens is 1. The van der Waals surface area contributed by atoms with Crippen molar-refractivity contribution in [3.8, 4) is 11.1 Å². The standard InChI is InChI=1S/C24H23FN2O2/c1-15-11-17(16-6-8-18(9-7-16)24(2,3)29)12-21(25)20(15)13-27-14-22-19(23(27)28)5-4-10-26-22/h4-12,29H,13-14H2,1-3H3. The number of aryl methyl sites for hydroxylation is 1. The zero-order chi connectivity index (χ0) is 20.8. The first kappa shape index (κ1) is 19.3. The number of pyridine rings is 1. The zero-order valence-electron chi connectivity index (χ0n) is 16.7. The molecule has 1 aliphatic rings. The quantitative estimate of drug-likeness (QED) is 0.709. The lowest BCUT2D eigenvalue weighted by Crippen LogP contribution is -2.24. The summed E-state index contributed by atoms with van der Waals surface area (Å²) in [7, 11) is 0. The fraction of sp³-hybridized carbons (Fsp3) is 0.250. The highest BCUT2D eigenvalue weighted by molar-refractivity contribution is 5.97. The molecule has 5 heteroatoms. The highest BCUT2D eigenvalue weighted by atomic mass is 19.1. The van der Waals surface area contributed by atoms with Crippen LogP contribution in [0, 0.1) is 12.7 Å². The van der Waals surface area contributed by atoms with Crippen LogP contribution in [0.15, 0.2) is 54.7 Å². The van der Waals surface area contributed by atoms with Crippen molar-refractivity contribution in [1.82, 2.24) is 9.88 Å². The van der Waals surface area contributed by atoms with Crippen LogP contribution < -0.4 is 0 Å². The molecule has 0 fully saturated rings. The van der Waals surface area contributed by atoms with Gasteiger partial charge in [-0.25, -0.2) is 4.39 Å². The fourth-order valence-electron chi connectivity index (χ4n) is 3.71. The van der Waals surface area contributed by atoms with Crippen LogP contribution in [0.1, 0.15) is 46.6 Å². The van der Waals surface area contributed by atoms with E-state index < -0.39 is 5.60 Å². The first-order valence-corrected chi connectivity index (χ1v) is 9.59. The largest absolute Gasteiger partial charge is 0.386 e. The molecule has 4 rings (SSSR count). The predicted octanol–water partition coefficient (Wildman–Crippen LogP) is 4.58. The van der Waals surface area contributed by atoms with E-state index in [9.17, 15) is 14.3 Å². The van der Waals surface area contributed by atoms with Crippen LogP contribution in [0.2, 0.25) is 0 Å². The first-order chi connectivity index (χ1) is 13.7. The average Bonchev–Trinajstić information content (AvgIpc) is 3.00. The molecule has 2 aromatic carbocycles. The first-order valence-electron chi connectivity index (χ1n) is 9.59. The van der Waals surface area contributed by atoms with Crippen molar-refractivity contribution >= 4 is 5.91 Å². The van der Waals surface area contributed by atoms with Gasteiger partial charge in [0.15, 0.2) is 0 Å². The summed E-state index contributed by atoms with van der Waals surface area (Å²) in [5, 5.41) is 10.1. The molecule has 0 atom stereocenters. The summed E-state index contributed by atoms with van der Waals surface area (Å²) in [4.78, 5) is 18.4. The van der Waals surface area contributed by atoms with Gasteiger partial charge in [-0.1, -0.05) is 30.3 Å². The van der Waals surface area contributed by atoms with E-state index in [4.69, 9.17) is 0 Å². The SMILES string of the molecule is Cc1cc(-c2ccc(C(C)(C)O)cc2)cc(F)c1CN1Cc2ncccc2C1=O. The third-order valence-corrected chi connectivity index (χ3v) is 5.44. The van der Waals surface area contributed by atoms with E-state index in [0.29, 0.717) is 17.7 Å². The number of aliphatic hydroxyl groups is 1. The highest BCUT2D eigenvalue weighted by Crippen LogP contribution is 2.30. The van der Waals surface area contributed by atoms with E-state index in [1.54, 1.807) is 37.1 Å². The Labute approximate surface area is 169 Å². The molecule has 0 radical (unpaired) electrons. The molecule has 3 aromatic rings. The van der Waals surface area contributed by atoms with Gasteiger partial charge in [0.05, 0.1) is 23.4 Å². The molecule has 1 N–H and O–H groups in total. The predicted molar refractivity (Wildman–Crippen MR) is 110 cm³/mol. The smallest absolute Gasteiger partial charge is 0.256 e. The number of nitrogens with zero attached hydrogens (tertiary/aromatic N) is 2. The van der Waals surface area contributed by atoms with Gasteiger partial charge in [0, 0.05) is 18.3 Å². The molecule has 0 bridgehead atoms. The second-order valence-electron chi connectivity index (χ2n) is 8.05. The lowest BCUT2D eigenvalue weighted by atomic mass is 9.94. The Kier molecular flexibility index (Phi) is 4.71. The maximum Gasteiger partial charge on any atom is 0.256 e. The molecule has 0 aliphatic carbocycles. The molecule has 0 saturated carbocycles. The Balaban J connectivity index is 1.59. The van der Waals surface area contributed by atoms with Crippen LogP contribution in [0.5, 0.6) is 0 Å². The average molecular weight is 390 g/mol. The van der Waals surface area contributed by atoms with E-state index in [1.807, 2.05) is 37.3 Å². The minimum atomic E-state index is -0.918. The van der Waals surface area contributed by atoms with Gasteiger partial charge in [-0.15, -0.1) is 0 Å². The van der Waals surface area contributed by atoms with Crippen molar-refractivity contribution in [3.63, 3.8) is 0 Å². The Morgan fingerprint density at radius 2 is 1.86 bits per heavy atom. The molecule has 4 nitrogen and oxygen atoms in total. The highest BCUT2D eigenvalue weighted by Gasteiger charge is 2.29. The van der Waals surface area contributed by atoms with Gasteiger partial charge in [0.2, 0.25) is 0 Å². The van der Waals surface area contributed by atoms with Gasteiger partial charge in [0.25, 0.3) is 5.91 Å². The van der Waals surface area contributed by atoms with Crippen LogP contribution in [0.4, 0.5) is 4.39 Å². The van der Waals surface area contributed by atoms with E-state index in [-0.39, 0.29) is 18.3 Å². The second kappa shape index (κ2) is 7.08. The summed E-state index contributed by atoms with van der Waals surface area (Å²) in [6.45, 7) is 5.93. The zero-order valence-corrected chi connectivity index (χ0v) is 16.7. The lowest BCUT2D eigenvalue weighted by Gasteiger charge is -2.19. The number of hydrogen-bond acceptors (Lipinski definition) is 3. The number of benzene rings is 2. The molecule has 148 valence electrons. The van der Waals surface area contributed by atoms with Crippen LogP contribution in [-0.2, 0) is 18.7 Å². The van der Waals surface area contributed by atoms with E-state index in [0.717, 1.165) is 27.9 Å². The Bertz CT molecular complexity index is 1060. The third-order valence-electron chi connectivity index (χ3n) is 5.44. The number of carbonyl (C=O) groups excluding carboxylic acids is 1. The minimum Gasteiger partial charge on any atom is -0.386 e. The number of rotatable bonds is 4. The number of hydrogen-bond donors (Lipinski definition) is 1. The minimum absolute atomic E-state index is 0.113. The summed E-state index contributed by atoms with van der Waals surface area (Å²) in [6.07, 6.45) is 1.67. The summed E-state index contributed by atoms with van der Waals surface area (Å²) in [6, 6.07) is 14.4. The van der Waals surface area contributed by atoms with Crippen LogP contribution >= 0.6 is 0 Å². The maximum atomic E-state index is 15.0. The molecule has 1 aliphatic heterocycles. The number of fused-ring (bicyclic) bond motifs is 1. The molecule has 0 unspecified atom stereocenters. The molecular formula is C24H23FN2O2. The summed E-state index contributed by atoms with van der Waals surface area (Å²) in [5.74, 6) is -0.443. The second-order valence-corrected chi connectivity index (χ2v) is 8.05. The molecule has 0 spiro atoms. The normalized spacial score (nSPS) is 13.7. The molecule has 29 heavy (non-hydrogen) atoms. The van der Waals surface area contributed by atoms with Gasteiger partial charge >= 0.3 is 0 Å². The summed E-state index contributed by atoms with van der Waals surface area (Å²) in [5.41, 5.74) is 4.16. The van der Waals surface area contributed by atoms with Gasteiger partial charge in [-0.05, 0) is 61.2 Å². The summed E-state index contributed by atoms with van der Waals surface area (Å²) < 4.78 is 15.0. The van der Waals surface area contributed by atoms with Gasteiger partial charge < -0.3 is 10.0 Å². The molecule has 2 heterocycles. The van der Waals surface area contributed by atoms with Crippen molar-refractivity contribution < 1.29 is 14.3 Å². The number of amides is 1. The van der Waals surface area contributed by atoms with Gasteiger partial charge in [-0.3, -0.25) is 9.78 Å². The number of halogens is 1. The van der Waals surface area contributed by atoms with Crippen LogP contribution in [0.25, 0.3) is 11.1 Å². The van der Waals surface area contributed by atoms with Gasteiger partial charge in [0.1, 0.15) is 5.82 Å². The van der Waals surface area contributed by atoms with Crippen molar-refractivity contribution in [2.24, 2.45) is 0 Å². The molecular weight excluding hydrogens is 367 g/mol. The monoisotopic (exact) mass is 390 g/mol. The number of carbonyl (C=O) groups is 1.